The summed E-state index contributed by atoms with van der Waals surface area (Å²) in [5.74, 6) is 0.531. The van der Waals surface area contributed by atoms with Crippen LogP contribution in [-0.2, 0) is 13.0 Å². The molecule has 0 amide bonds. The van der Waals surface area contributed by atoms with Gasteiger partial charge in [0.25, 0.3) is 0 Å². The van der Waals surface area contributed by atoms with Gasteiger partial charge in [0.2, 0.25) is 5.95 Å². The molecule has 0 saturated heterocycles. The van der Waals surface area contributed by atoms with Crippen LogP contribution in [0.1, 0.15) is 55.8 Å². The maximum atomic E-state index is 13.3. The molecule has 30 heavy (non-hydrogen) atoms. The first-order valence-electron chi connectivity index (χ1n) is 10.8. The maximum Gasteiger partial charge on any atom is 0.330 e. The first kappa shape index (κ1) is 17.6. The van der Waals surface area contributed by atoms with E-state index >= 15 is 0 Å². The molecule has 4 aromatic rings. The van der Waals surface area contributed by atoms with Gasteiger partial charge in [-0.05, 0) is 44.2 Å². The van der Waals surface area contributed by atoms with Gasteiger partial charge < -0.3 is 5.32 Å². The first-order valence-corrected chi connectivity index (χ1v) is 10.8. The largest absolute Gasteiger partial charge is 0.330 e. The Bertz CT molecular complexity index is 1320. The van der Waals surface area contributed by atoms with Gasteiger partial charge in [0.1, 0.15) is 11.8 Å². The molecule has 1 N–H and O–H groups in total. The molecule has 0 radical (unpaired) electrons. The van der Waals surface area contributed by atoms with Gasteiger partial charge in [-0.1, -0.05) is 19.3 Å². The van der Waals surface area contributed by atoms with Crippen LogP contribution in [0.4, 0.5) is 11.6 Å². The number of aryl methyl sites for hydroxylation is 3. The van der Waals surface area contributed by atoms with Crippen LogP contribution in [0.3, 0.4) is 0 Å². The normalized spacial score (nSPS) is 17.1. The Morgan fingerprint density at radius 3 is 2.87 bits per heavy atom. The molecule has 2 aliphatic rings. The van der Waals surface area contributed by atoms with Gasteiger partial charge in [0.05, 0.1) is 17.6 Å². The summed E-state index contributed by atoms with van der Waals surface area (Å²) in [7, 11) is 0. The standard InChI is InChI=1S/C21H24N8O/c1-13-10-17-22-12-23-28(17)11-16(13)25-20-24-15-8-5-9-27-18(15)19(26-20)29(21(27)30)14-6-3-2-4-7-14/h10-12,14H,2-9H2,1H3,(H,24,25,26). The van der Waals surface area contributed by atoms with Crippen LogP contribution in [0.15, 0.2) is 23.4 Å². The second kappa shape index (κ2) is 6.65. The first-order chi connectivity index (χ1) is 14.7. The minimum atomic E-state index is 0.0736. The quantitative estimate of drug-likeness (QED) is 0.564. The zero-order valence-corrected chi connectivity index (χ0v) is 17.0. The second-order valence-corrected chi connectivity index (χ2v) is 8.42. The van der Waals surface area contributed by atoms with Crippen molar-refractivity contribution in [3.8, 4) is 0 Å². The molecule has 5 heterocycles. The summed E-state index contributed by atoms with van der Waals surface area (Å²) in [6.45, 7) is 2.77. The molecule has 1 saturated carbocycles. The Morgan fingerprint density at radius 2 is 2.00 bits per heavy atom. The van der Waals surface area contributed by atoms with Crippen molar-refractivity contribution in [2.45, 2.75) is 64.5 Å². The molecular weight excluding hydrogens is 380 g/mol. The highest BCUT2D eigenvalue weighted by atomic mass is 16.1. The van der Waals surface area contributed by atoms with Crippen molar-refractivity contribution in [3.63, 3.8) is 0 Å². The monoisotopic (exact) mass is 404 g/mol. The fourth-order valence-electron chi connectivity index (χ4n) is 4.97. The Morgan fingerprint density at radius 1 is 1.13 bits per heavy atom. The number of hydrogen-bond donors (Lipinski definition) is 1. The van der Waals surface area contributed by atoms with E-state index in [4.69, 9.17) is 9.97 Å². The number of rotatable bonds is 3. The summed E-state index contributed by atoms with van der Waals surface area (Å²) in [5, 5.41) is 7.59. The molecule has 4 aromatic heterocycles. The van der Waals surface area contributed by atoms with Crippen LogP contribution in [0.5, 0.6) is 0 Å². The van der Waals surface area contributed by atoms with E-state index < -0.39 is 0 Å². The van der Waals surface area contributed by atoms with E-state index in [0.29, 0.717) is 5.95 Å². The van der Waals surface area contributed by atoms with Crippen molar-refractivity contribution in [1.82, 2.24) is 33.7 Å². The molecule has 1 aliphatic carbocycles. The molecule has 0 spiro atoms. The van der Waals surface area contributed by atoms with Crippen molar-refractivity contribution < 1.29 is 0 Å². The number of hydrogen-bond acceptors (Lipinski definition) is 6. The maximum absolute atomic E-state index is 13.3. The number of aromatic nitrogens is 7. The van der Waals surface area contributed by atoms with E-state index in [9.17, 15) is 4.79 Å². The summed E-state index contributed by atoms with van der Waals surface area (Å²) >= 11 is 0. The lowest BCUT2D eigenvalue weighted by molar-refractivity contribution is 0.348. The smallest absolute Gasteiger partial charge is 0.322 e. The van der Waals surface area contributed by atoms with E-state index in [2.05, 4.69) is 15.4 Å². The lowest BCUT2D eigenvalue weighted by atomic mass is 9.95. The zero-order chi connectivity index (χ0) is 20.2. The molecule has 6 rings (SSSR count). The summed E-state index contributed by atoms with van der Waals surface area (Å²) in [5.41, 5.74) is 5.44. The molecule has 0 unspecified atom stereocenters. The van der Waals surface area contributed by atoms with Crippen LogP contribution in [-0.4, -0.2) is 33.7 Å². The number of imidazole rings is 1. The second-order valence-electron chi connectivity index (χ2n) is 8.42. The van der Waals surface area contributed by atoms with E-state index in [0.717, 1.165) is 66.0 Å². The molecule has 0 bridgehead atoms. The molecule has 9 nitrogen and oxygen atoms in total. The van der Waals surface area contributed by atoms with E-state index in [1.165, 1.54) is 25.6 Å². The molecular formula is C21H24N8O. The third-order valence-corrected chi connectivity index (χ3v) is 6.48. The van der Waals surface area contributed by atoms with Crippen molar-refractivity contribution in [1.29, 1.82) is 0 Å². The highest BCUT2D eigenvalue weighted by Gasteiger charge is 2.27. The van der Waals surface area contributed by atoms with Gasteiger partial charge in [-0.15, -0.1) is 0 Å². The van der Waals surface area contributed by atoms with Gasteiger partial charge in [0, 0.05) is 12.6 Å². The minimum absolute atomic E-state index is 0.0736. The van der Waals surface area contributed by atoms with Crippen molar-refractivity contribution in [2.75, 3.05) is 5.32 Å². The highest BCUT2D eigenvalue weighted by molar-refractivity contribution is 5.77. The fraction of sp³-hybridized carbons (Fsp3) is 0.476. The van der Waals surface area contributed by atoms with Gasteiger partial charge in [-0.3, -0.25) is 9.13 Å². The number of fused-ring (bicyclic) bond motifs is 1. The molecule has 1 fully saturated rings. The minimum Gasteiger partial charge on any atom is -0.322 e. The fourth-order valence-corrected chi connectivity index (χ4v) is 4.97. The third kappa shape index (κ3) is 2.64. The van der Waals surface area contributed by atoms with Gasteiger partial charge in [0.15, 0.2) is 11.3 Å². The molecule has 9 heteroatoms. The van der Waals surface area contributed by atoms with Gasteiger partial charge in [-0.2, -0.15) is 10.1 Å². The highest BCUT2D eigenvalue weighted by Crippen LogP contribution is 2.32. The number of anilines is 2. The Labute approximate surface area is 172 Å². The molecule has 0 atom stereocenters. The predicted octanol–water partition coefficient (Wildman–Crippen LogP) is 3.14. The van der Waals surface area contributed by atoms with Crippen LogP contribution in [0, 0.1) is 6.92 Å². The average Bonchev–Trinajstić information content (AvgIpc) is 3.32. The summed E-state index contributed by atoms with van der Waals surface area (Å²) in [6.07, 6.45) is 10.9. The Balaban J connectivity index is 1.50. The van der Waals surface area contributed by atoms with E-state index in [1.54, 1.807) is 4.52 Å². The Kier molecular flexibility index (Phi) is 3.90. The summed E-state index contributed by atoms with van der Waals surface area (Å²) in [4.78, 5) is 27.1. The van der Waals surface area contributed by atoms with E-state index in [1.807, 2.05) is 28.3 Å². The van der Waals surface area contributed by atoms with Crippen molar-refractivity contribution in [3.05, 3.63) is 40.3 Å². The molecule has 0 aromatic carbocycles. The van der Waals surface area contributed by atoms with Crippen LogP contribution in [0.25, 0.3) is 16.8 Å². The van der Waals surface area contributed by atoms with E-state index in [-0.39, 0.29) is 11.7 Å². The third-order valence-electron chi connectivity index (χ3n) is 6.48. The van der Waals surface area contributed by atoms with Crippen LogP contribution < -0.4 is 11.0 Å². The van der Waals surface area contributed by atoms with Crippen molar-refractivity contribution >= 4 is 28.4 Å². The number of nitrogens with one attached hydrogen (secondary N) is 1. The lowest BCUT2D eigenvalue weighted by Gasteiger charge is -2.22. The average molecular weight is 404 g/mol. The van der Waals surface area contributed by atoms with Gasteiger partial charge >= 0.3 is 5.69 Å². The van der Waals surface area contributed by atoms with Crippen LogP contribution in [0.2, 0.25) is 0 Å². The lowest BCUT2D eigenvalue weighted by Crippen LogP contribution is -2.29. The molecule has 154 valence electrons. The van der Waals surface area contributed by atoms with Gasteiger partial charge in [-0.25, -0.2) is 19.3 Å². The molecule has 1 aliphatic heterocycles. The Hall–Kier alpha value is -3.23. The summed E-state index contributed by atoms with van der Waals surface area (Å²) < 4.78 is 5.56. The van der Waals surface area contributed by atoms with Crippen LogP contribution >= 0.6 is 0 Å². The predicted molar refractivity (Wildman–Crippen MR) is 113 cm³/mol. The topological polar surface area (TPSA) is 94.9 Å². The number of nitrogens with zero attached hydrogens (tertiary/aromatic N) is 7. The number of pyridine rings is 1. The zero-order valence-electron chi connectivity index (χ0n) is 17.0. The van der Waals surface area contributed by atoms with Crippen molar-refractivity contribution in [2.24, 2.45) is 0 Å². The summed E-state index contributed by atoms with van der Waals surface area (Å²) in [6, 6.07) is 2.21. The SMILES string of the molecule is Cc1cc2ncnn2cc1Nc1nc2c3c(n1)n(C1CCCCC1)c(=O)n3CCC2.